The maximum atomic E-state index is 5.63. The van der Waals surface area contributed by atoms with Crippen LogP contribution in [0.3, 0.4) is 0 Å². The molecule has 27 heavy (non-hydrogen) atoms. The number of morpholine rings is 1. The van der Waals surface area contributed by atoms with E-state index in [2.05, 4.69) is 44.1 Å². The molecule has 148 valence electrons. The van der Waals surface area contributed by atoms with Gasteiger partial charge in [0, 0.05) is 58.0 Å². The van der Waals surface area contributed by atoms with E-state index in [9.17, 15) is 0 Å². The van der Waals surface area contributed by atoms with Gasteiger partial charge in [-0.15, -0.1) is 0 Å². The van der Waals surface area contributed by atoms with Crippen LogP contribution in [0, 0.1) is 5.41 Å². The van der Waals surface area contributed by atoms with Crippen molar-refractivity contribution in [2.75, 3.05) is 57.9 Å². The van der Waals surface area contributed by atoms with Crippen LogP contribution in [-0.2, 0) is 16.0 Å². The van der Waals surface area contributed by atoms with Crippen LogP contribution in [-0.4, -0.2) is 75.0 Å². The summed E-state index contributed by atoms with van der Waals surface area (Å²) in [5.41, 5.74) is 1.51. The average Bonchev–Trinajstić information content (AvgIpc) is 3.33. The Morgan fingerprint density at radius 3 is 2.96 bits per heavy atom. The highest BCUT2D eigenvalue weighted by atomic mass is 16.5. The zero-order chi connectivity index (χ0) is 18.7. The van der Waals surface area contributed by atoms with E-state index in [1.54, 1.807) is 0 Å². The topological polar surface area (TPSA) is 62.2 Å². The van der Waals surface area contributed by atoms with Crippen LogP contribution in [0.2, 0.25) is 0 Å². The normalized spacial score (nSPS) is 29.0. The summed E-state index contributed by atoms with van der Waals surface area (Å²) in [6.07, 6.45) is 4.60. The van der Waals surface area contributed by atoms with Crippen molar-refractivity contribution in [3.8, 4) is 0 Å². The standard InChI is InChI=1S/C20H31N5O2/c1-16-13-24(8-10-27-16)18-4-3-17(11-22-18)12-23-19(21-2)25-7-5-20(14-25)6-9-26-15-20/h3-4,11,16H,5-10,12-15H2,1-2H3,(H,21,23). The Hall–Kier alpha value is -1.86. The van der Waals surface area contributed by atoms with E-state index in [4.69, 9.17) is 9.47 Å². The smallest absolute Gasteiger partial charge is 0.193 e. The fraction of sp³-hybridized carbons (Fsp3) is 0.700. The predicted molar refractivity (Wildman–Crippen MR) is 106 cm³/mol. The minimum absolute atomic E-state index is 0.263. The highest BCUT2D eigenvalue weighted by Crippen LogP contribution is 2.38. The summed E-state index contributed by atoms with van der Waals surface area (Å²) in [6.45, 7) is 9.31. The number of nitrogens with one attached hydrogen (secondary N) is 1. The highest BCUT2D eigenvalue weighted by molar-refractivity contribution is 5.80. The van der Waals surface area contributed by atoms with Gasteiger partial charge in [-0.1, -0.05) is 6.07 Å². The SMILES string of the molecule is CN=C(NCc1ccc(N2CCOC(C)C2)nc1)N1CCC2(CCOC2)C1. The van der Waals surface area contributed by atoms with Gasteiger partial charge in [0.25, 0.3) is 0 Å². The molecule has 1 spiro atoms. The molecule has 2 atom stereocenters. The van der Waals surface area contributed by atoms with Crippen LogP contribution in [0.1, 0.15) is 25.3 Å². The van der Waals surface area contributed by atoms with Gasteiger partial charge in [-0.3, -0.25) is 4.99 Å². The molecule has 0 radical (unpaired) electrons. The number of guanidine groups is 1. The second kappa shape index (κ2) is 8.02. The average molecular weight is 374 g/mol. The Morgan fingerprint density at radius 1 is 1.33 bits per heavy atom. The molecule has 1 aromatic rings. The van der Waals surface area contributed by atoms with Crippen LogP contribution in [0.25, 0.3) is 0 Å². The number of hydrogen-bond acceptors (Lipinski definition) is 5. The first-order valence-electron chi connectivity index (χ1n) is 10.0. The molecule has 3 saturated heterocycles. The molecule has 3 fully saturated rings. The molecular weight excluding hydrogens is 342 g/mol. The van der Waals surface area contributed by atoms with Gasteiger partial charge in [0.1, 0.15) is 5.82 Å². The zero-order valence-electron chi connectivity index (χ0n) is 16.5. The molecule has 3 aliphatic rings. The van der Waals surface area contributed by atoms with E-state index in [1.165, 1.54) is 18.4 Å². The lowest BCUT2D eigenvalue weighted by Gasteiger charge is -2.32. The minimum Gasteiger partial charge on any atom is -0.381 e. The van der Waals surface area contributed by atoms with Gasteiger partial charge >= 0.3 is 0 Å². The van der Waals surface area contributed by atoms with E-state index >= 15 is 0 Å². The molecule has 2 unspecified atom stereocenters. The quantitative estimate of drug-likeness (QED) is 0.640. The monoisotopic (exact) mass is 373 g/mol. The first-order chi connectivity index (χ1) is 13.2. The summed E-state index contributed by atoms with van der Waals surface area (Å²) in [5.74, 6) is 2.01. The molecule has 7 heteroatoms. The lowest BCUT2D eigenvalue weighted by atomic mass is 9.87. The van der Waals surface area contributed by atoms with Crippen molar-refractivity contribution in [3.05, 3.63) is 23.9 Å². The molecule has 3 aliphatic heterocycles. The Bertz CT molecular complexity index is 657. The summed E-state index contributed by atoms with van der Waals surface area (Å²) in [7, 11) is 1.86. The third-order valence-electron chi connectivity index (χ3n) is 5.96. The molecule has 0 saturated carbocycles. The largest absolute Gasteiger partial charge is 0.381 e. The second-order valence-electron chi connectivity index (χ2n) is 8.03. The first kappa shape index (κ1) is 18.5. The van der Waals surface area contributed by atoms with Crippen molar-refractivity contribution in [2.45, 2.75) is 32.4 Å². The Morgan fingerprint density at radius 2 is 2.26 bits per heavy atom. The lowest BCUT2D eigenvalue weighted by molar-refractivity contribution is 0.0529. The van der Waals surface area contributed by atoms with Crippen molar-refractivity contribution in [1.82, 2.24) is 15.2 Å². The van der Waals surface area contributed by atoms with Crippen LogP contribution in [0.4, 0.5) is 5.82 Å². The van der Waals surface area contributed by atoms with Gasteiger partial charge < -0.3 is 24.6 Å². The van der Waals surface area contributed by atoms with Crippen LogP contribution in [0.5, 0.6) is 0 Å². The summed E-state index contributed by atoms with van der Waals surface area (Å²) >= 11 is 0. The Balaban J connectivity index is 1.31. The number of aliphatic imine (C=N–C) groups is 1. The van der Waals surface area contributed by atoms with Crippen molar-refractivity contribution < 1.29 is 9.47 Å². The number of rotatable bonds is 3. The summed E-state index contributed by atoms with van der Waals surface area (Å²) in [4.78, 5) is 13.8. The molecular formula is C20H31N5O2. The van der Waals surface area contributed by atoms with Crippen molar-refractivity contribution in [3.63, 3.8) is 0 Å². The van der Waals surface area contributed by atoms with Crippen molar-refractivity contribution >= 4 is 11.8 Å². The zero-order valence-corrected chi connectivity index (χ0v) is 16.5. The summed E-state index contributed by atoms with van der Waals surface area (Å²) < 4.78 is 11.2. The van der Waals surface area contributed by atoms with E-state index in [1.807, 2.05) is 13.2 Å². The highest BCUT2D eigenvalue weighted by Gasteiger charge is 2.42. The molecule has 1 N–H and O–H groups in total. The third-order valence-corrected chi connectivity index (χ3v) is 5.96. The number of ether oxygens (including phenoxy) is 2. The number of likely N-dealkylation sites (tertiary alicyclic amines) is 1. The molecule has 0 aliphatic carbocycles. The maximum absolute atomic E-state index is 5.63. The van der Waals surface area contributed by atoms with Gasteiger partial charge in [-0.25, -0.2) is 4.98 Å². The molecule has 0 aromatic carbocycles. The molecule has 4 rings (SSSR count). The Kier molecular flexibility index (Phi) is 5.50. The van der Waals surface area contributed by atoms with Crippen molar-refractivity contribution in [2.24, 2.45) is 10.4 Å². The molecule has 1 aromatic heterocycles. The van der Waals surface area contributed by atoms with Gasteiger partial charge in [-0.05, 0) is 31.4 Å². The molecule has 0 bridgehead atoms. The van der Waals surface area contributed by atoms with Crippen molar-refractivity contribution in [1.29, 1.82) is 0 Å². The molecule has 7 nitrogen and oxygen atoms in total. The number of aromatic nitrogens is 1. The van der Waals surface area contributed by atoms with Gasteiger partial charge in [0.15, 0.2) is 5.96 Å². The number of anilines is 1. The van der Waals surface area contributed by atoms with Gasteiger partial charge in [0.2, 0.25) is 0 Å². The van der Waals surface area contributed by atoms with E-state index in [0.29, 0.717) is 5.41 Å². The summed E-state index contributed by atoms with van der Waals surface area (Å²) in [5, 5.41) is 3.50. The molecule has 0 amide bonds. The molecule has 4 heterocycles. The fourth-order valence-corrected chi connectivity index (χ4v) is 4.34. The van der Waals surface area contributed by atoms with E-state index in [0.717, 1.165) is 64.3 Å². The van der Waals surface area contributed by atoms with Crippen LogP contribution >= 0.6 is 0 Å². The summed E-state index contributed by atoms with van der Waals surface area (Å²) in [6, 6.07) is 4.26. The lowest BCUT2D eigenvalue weighted by Crippen LogP contribution is -2.41. The number of hydrogen-bond donors (Lipinski definition) is 1. The van der Waals surface area contributed by atoms with Gasteiger partial charge in [0.05, 0.1) is 19.3 Å². The third kappa shape index (κ3) is 4.19. The van der Waals surface area contributed by atoms with E-state index in [-0.39, 0.29) is 6.10 Å². The second-order valence-corrected chi connectivity index (χ2v) is 8.03. The van der Waals surface area contributed by atoms with Crippen LogP contribution in [0.15, 0.2) is 23.3 Å². The van der Waals surface area contributed by atoms with Crippen LogP contribution < -0.4 is 10.2 Å². The van der Waals surface area contributed by atoms with E-state index < -0.39 is 0 Å². The maximum Gasteiger partial charge on any atom is 0.193 e. The fourth-order valence-electron chi connectivity index (χ4n) is 4.34. The van der Waals surface area contributed by atoms with Gasteiger partial charge in [-0.2, -0.15) is 0 Å². The first-order valence-corrected chi connectivity index (χ1v) is 10.0. The number of nitrogens with zero attached hydrogens (tertiary/aromatic N) is 4. The predicted octanol–water partition coefficient (Wildman–Crippen LogP) is 1.49. The minimum atomic E-state index is 0.263. The number of pyridine rings is 1. The Labute approximate surface area is 161 Å².